The van der Waals surface area contributed by atoms with E-state index in [4.69, 9.17) is 11.6 Å². The summed E-state index contributed by atoms with van der Waals surface area (Å²) in [6.45, 7) is 0. The van der Waals surface area contributed by atoms with Gasteiger partial charge in [0.15, 0.2) is 6.29 Å². The van der Waals surface area contributed by atoms with Crippen molar-refractivity contribution >= 4 is 17.9 Å². The van der Waals surface area contributed by atoms with Gasteiger partial charge in [-0.2, -0.15) is 5.10 Å². The smallest absolute Gasteiger partial charge is 0.153 e. The summed E-state index contributed by atoms with van der Waals surface area (Å²) >= 11 is 5.61. The highest BCUT2D eigenvalue weighted by molar-refractivity contribution is 6.30. The summed E-state index contributed by atoms with van der Waals surface area (Å²) < 4.78 is 14.7. The molecule has 0 radical (unpaired) electrons. The SMILES string of the molecule is O=Cc1cnn(-c2ccc(Cl)cc2F)c1. The molecule has 0 aliphatic carbocycles. The Labute approximate surface area is 90.1 Å². The first-order valence-corrected chi connectivity index (χ1v) is 4.54. The van der Waals surface area contributed by atoms with Crippen molar-refractivity contribution in [2.75, 3.05) is 0 Å². The third-order valence-electron chi connectivity index (χ3n) is 1.90. The van der Waals surface area contributed by atoms with Gasteiger partial charge in [-0.05, 0) is 18.2 Å². The number of benzene rings is 1. The molecule has 5 heteroatoms. The fourth-order valence-corrected chi connectivity index (χ4v) is 1.36. The number of aldehydes is 1. The number of carbonyl (C=O) groups excluding carboxylic acids is 1. The molecule has 0 N–H and O–H groups in total. The number of hydrogen-bond acceptors (Lipinski definition) is 2. The van der Waals surface area contributed by atoms with Crippen LogP contribution in [0.5, 0.6) is 0 Å². The predicted molar refractivity (Wildman–Crippen MR) is 53.9 cm³/mol. The molecule has 0 saturated heterocycles. The number of rotatable bonds is 2. The summed E-state index contributed by atoms with van der Waals surface area (Å²) in [7, 11) is 0. The van der Waals surface area contributed by atoms with Crippen LogP contribution in [0.25, 0.3) is 5.69 Å². The van der Waals surface area contributed by atoms with E-state index in [1.165, 1.54) is 29.2 Å². The molecule has 0 fully saturated rings. The molecule has 1 aromatic carbocycles. The van der Waals surface area contributed by atoms with Gasteiger partial charge in [-0.25, -0.2) is 9.07 Å². The molecule has 0 bridgehead atoms. The summed E-state index contributed by atoms with van der Waals surface area (Å²) in [5, 5.41) is 4.17. The summed E-state index contributed by atoms with van der Waals surface area (Å²) in [6.07, 6.45) is 3.46. The van der Waals surface area contributed by atoms with Gasteiger partial charge in [-0.3, -0.25) is 4.79 Å². The highest BCUT2D eigenvalue weighted by Crippen LogP contribution is 2.17. The molecule has 15 heavy (non-hydrogen) atoms. The van der Waals surface area contributed by atoms with Crippen LogP contribution >= 0.6 is 11.6 Å². The minimum absolute atomic E-state index is 0.257. The summed E-state index contributed by atoms with van der Waals surface area (Å²) in [5.74, 6) is -0.483. The molecular weight excluding hydrogens is 219 g/mol. The van der Waals surface area contributed by atoms with Gasteiger partial charge in [-0.1, -0.05) is 11.6 Å². The van der Waals surface area contributed by atoms with Crippen molar-refractivity contribution in [3.63, 3.8) is 0 Å². The van der Waals surface area contributed by atoms with Crippen LogP contribution in [-0.4, -0.2) is 16.1 Å². The van der Waals surface area contributed by atoms with Gasteiger partial charge in [0.2, 0.25) is 0 Å². The van der Waals surface area contributed by atoms with Crippen molar-refractivity contribution in [3.8, 4) is 5.69 Å². The Balaban J connectivity index is 2.49. The van der Waals surface area contributed by atoms with Crippen LogP contribution in [0, 0.1) is 5.82 Å². The van der Waals surface area contributed by atoms with E-state index in [-0.39, 0.29) is 5.69 Å². The van der Waals surface area contributed by atoms with Gasteiger partial charge in [-0.15, -0.1) is 0 Å². The van der Waals surface area contributed by atoms with E-state index in [9.17, 15) is 9.18 Å². The van der Waals surface area contributed by atoms with Gasteiger partial charge >= 0.3 is 0 Å². The first-order valence-electron chi connectivity index (χ1n) is 4.16. The van der Waals surface area contributed by atoms with Crippen LogP contribution in [-0.2, 0) is 0 Å². The quantitative estimate of drug-likeness (QED) is 0.735. The van der Waals surface area contributed by atoms with E-state index in [2.05, 4.69) is 5.10 Å². The molecule has 0 unspecified atom stereocenters. The van der Waals surface area contributed by atoms with Gasteiger partial charge < -0.3 is 0 Å². The Bertz CT molecular complexity index is 510. The fourth-order valence-electron chi connectivity index (χ4n) is 1.20. The average molecular weight is 225 g/mol. The maximum atomic E-state index is 13.4. The lowest BCUT2D eigenvalue weighted by Crippen LogP contribution is -1.97. The first kappa shape index (κ1) is 9.86. The standard InChI is InChI=1S/C10H6ClFN2O/c11-8-1-2-10(9(12)3-8)14-5-7(6-15)4-13-14/h1-6H. The molecule has 0 amide bonds. The van der Waals surface area contributed by atoms with Crippen molar-refractivity contribution in [1.82, 2.24) is 9.78 Å². The lowest BCUT2D eigenvalue weighted by atomic mass is 10.3. The third kappa shape index (κ3) is 1.89. The van der Waals surface area contributed by atoms with E-state index >= 15 is 0 Å². The monoisotopic (exact) mass is 224 g/mol. The number of aromatic nitrogens is 2. The first-order chi connectivity index (χ1) is 7.20. The van der Waals surface area contributed by atoms with E-state index in [0.717, 1.165) is 0 Å². The van der Waals surface area contributed by atoms with E-state index < -0.39 is 5.82 Å². The molecule has 0 spiro atoms. The van der Waals surface area contributed by atoms with Crippen molar-refractivity contribution < 1.29 is 9.18 Å². The van der Waals surface area contributed by atoms with Gasteiger partial charge in [0, 0.05) is 11.2 Å². The molecule has 76 valence electrons. The number of halogens is 2. The number of nitrogens with zero attached hydrogens (tertiary/aromatic N) is 2. The molecule has 0 aliphatic rings. The molecule has 1 heterocycles. The maximum Gasteiger partial charge on any atom is 0.153 e. The Morgan fingerprint density at radius 1 is 1.47 bits per heavy atom. The molecule has 3 nitrogen and oxygen atoms in total. The highest BCUT2D eigenvalue weighted by atomic mass is 35.5. The Morgan fingerprint density at radius 2 is 2.27 bits per heavy atom. The van der Waals surface area contributed by atoms with E-state index in [1.807, 2.05) is 0 Å². The zero-order valence-corrected chi connectivity index (χ0v) is 8.28. The number of carbonyl (C=O) groups is 1. The third-order valence-corrected chi connectivity index (χ3v) is 2.13. The van der Waals surface area contributed by atoms with Crippen molar-refractivity contribution in [3.05, 3.63) is 47.0 Å². The van der Waals surface area contributed by atoms with Crippen molar-refractivity contribution in [1.29, 1.82) is 0 Å². The maximum absolute atomic E-state index is 13.4. The van der Waals surface area contributed by atoms with Gasteiger partial charge in [0.25, 0.3) is 0 Å². The minimum atomic E-state index is -0.483. The van der Waals surface area contributed by atoms with Crippen LogP contribution in [0.1, 0.15) is 10.4 Å². The van der Waals surface area contributed by atoms with Crippen LogP contribution in [0.4, 0.5) is 4.39 Å². The average Bonchev–Trinajstić information content (AvgIpc) is 2.66. The van der Waals surface area contributed by atoms with Gasteiger partial charge in [0.1, 0.15) is 11.5 Å². The van der Waals surface area contributed by atoms with Crippen LogP contribution in [0.2, 0.25) is 5.02 Å². The number of hydrogen-bond donors (Lipinski definition) is 0. The van der Waals surface area contributed by atoms with E-state index in [1.54, 1.807) is 6.07 Å². The predicted octanol–water partition coefficient (Wildman–Crippen LogP) is 2.48. The Hall–Kier alpha value is -1.68. The second kappa shape index (κ2) is 3.82. The second-order valence-electron chi connectivity index (χ2n) is 2.93. The topological polar surface area (TPSA) is 34.9 Å². The molecule has 2 aromatic rings. The van der Waals surface area contributed by atoms with Crippen LogP contribution in [0.15, 0.2) is 30.6 Å². The molecule has 2 rings (SSSR count). The normalized spacial score (nSPS) is 10.3. The van der Waals surface area contributed by atoms with Crippen LogP contribution in [0.3, 0.4) is 0 Å². The summed E-state index contributed by atoms with van der Waals surface area (Å²) in [5.41, 5.74) is 0.650. The molecule has 0 atom stereocenters. The summed E-state index contributed by atoms with van der Waals surface area (Å²) in [4.78, 5) is 10.4. The zero-order valence-electron chi connectivity index (χ0n) is 7.52. The lowest BCUT2D eigenvalue weighted by Gasteiger charge is -2.02. The minimum Gasteiger partial charge on any atom is -0.298 e. The fraction of sp³-hybridized carbons (Fsp3) is 0. The zero-order chi connectivity index (χ0) is 10.8. The molecule has 1 aromatic heterocycles. The second-order valence-corrected chi connectivity index (χ2v) is 3.37. The lowest BCUT2D eigenvalue weighted by molar-refractivity contribution is 0.112. The van der Waals surface area contributed by atoms with Gasteiger partial charge in [0.05, 0.1) is 11.8 Å². The van der Waals surface area contributed by atoms with E-state index in [0.29, 0.717) is 16.9 Å². The Kier molecular flexibility index (Phi) is 2.51. The molecular formula is C10H6ClFN2O. The summed E-state index contributed by atoms with van der Waals surface area (Å²) in [6, 6.07) is 4.25. The largest absolute Gasteiger partial charge is 0.298 e. The molecule has 0 saturated carbocycles. The van der Waals surface area contributed by atoms with Crippen molar-refractivity contribution in [2.24, 2.45) is 0 Å². The molecule has 0 aliphatic heterocycles. The van der Waals surface area contributed by atoms with Crippen molar-refractivity contribution in [2.45, 2.75) is 0 Å². The Morgan fingerprint density at radius 3 is 2.87 bits per heavy atom. The van der Waals surface area contributed by atoms with Crippen LogP contribution < -0.4 is 0 Å². The highest BCUT2D eigenvalue weighted by Gasteiger charge is 2.06.